The van der Waals surface area contributed by atoms with Crippen molar-refractivity contribution < 1.29 is 22.7 Å². The van der Waals surface area contributed by atoms with Crippen LogP contribution in [-0.4, -0.2) is 37.9 Å². The van der Waals surface area contributed by atoms with Crippen molar-refractivity contribution in [3.63, 3.8) is 0 Å². The zero-order valence-electron chi connectivity index (χ0n) is 7.73. The number of nitrogens with two attached hydrogens (primary N) is 1. The number of nitrogens with one attached hydrogen (secondary N) is 1. The van der Waals surface area contributed by atoms with E-state index in [0.717, 1.165) is 0 Å². The highest BCUT2D eigenvalue weighted by Gasteiger charge is 2.27. The van der Waals surface area contributed by atoms with Gasteiger partial charge < -0.3 is 15.8 Å². The molecule has 14 heavy (non-hydrogen) atoms. The van der Waals surface area contributed by atoms with Gasteiger partial charge in [-0.15, -0.1) is 0 Å². The molecular weight excluding hydrogens is 201 g/mol. The fourth-order valence-electron chi connectivity index (χ4n) is 0.727. The van der Waals surface area contributed by atoms with Crippen LogP contribution in [-0.2, 0) is 9.53 Å². The van der Waals surface area contributed by atoms with Crippen LogP contribution in [0.15, 0.2) is 0 Å². The Kier molecular flexibility index (Phi) is 5.47. The van der Waals surface area contributed by atoms with E-state index in [0.29, 0.717) is 0 Å². The monoisotopic (exact) mass is 214 g/mol. The van der Waals surface area contributed by atoms with Gasteiger partial charge in [-0.1, -0.05) is 0 Å². The van der Waals surface area contributed by atoms with E-state index in [1.54, 1.807) is 0 Å². The van der Waals surface area contributed by atoms with Crippen LogP contribution in [0.3, 0.4) is 0 Å². The largest absolute Gasteiger partial charge is 0.411 e. The minimum absolute atomic E-state index is 0.189. The second kappa shape index (κ2) is 5.82. The van der Waals surface area contributed by atoms with Gasteiger partial charge in [0, 0.05) is 6.04 Å². The molecule has 0 spiro atoms. The average molecular weight is 214 g/mol. The van der Waals surface area contributed by atoms with Crippen molar-refractivity contribution in [2.75, 3.05) is 19.8 Å². The zero-order chi connectivity index (χ0) is 11.2. The lowest BCUT2D eigenvalue weighted by atomic mass is 10.3. The van der Waals surface area contributed by atoms with Crippen LogP contribution < -0.4 is 11.1 Å². The maximum absolute atomic E-state index is 11.6. The fourth-order valence-corrected chi connectivity index (χ4v) is 0.727. The highest BCUT2D eigenvalue weighted by atomic mass is 19.4. The van der Waals surface area contributed by atoms with Crippen molar-refractivity contribution in [3.05, 3.63) is 0 Å². The summed E-state index contributed by atoms with van der Waals surface area (Å²) < 4.78 is 39.1. The van der Waals surface area contributed by atoms with Gasteiger partial charge in [-0.25, -0.2) is 0 Å². The summed E-state index contributed by atoms with van der Waals surface area (Å²) in [5, 5.41) is 2.36. The van der Waals surface area contributed by atoms with Gasteiger partial charge in [-0.05, 0) is 6.92 Å². The molecule has 0 fully saturated rings. The van der Waals surface area contributed by atoms with Crippen LogP contribution in [0.25, 0.3) is 0 Å². The standard InChI is InChI=1S/C7H13F3N2O2/c1-5(12-6(13)2-11)3-14-4-7(8,9)10/h5H,2-4,11H2,1H3,(H,12,13). The van der Waals surface area contributed by atoms with E-state index in [9.17, 15) is 18.0 Å². The Bertz CT molecular complexity index is 184. The van der Waals surface area contributed by atoms with Gasteiger partial charge in [0.2, 0.25) is 5.91 Å². The first kappa shape index (κ1) is 13.2. The maximum Gasteiger partial charge on any atom is 0.411 e. The molecule has 0 radical (unpaired) electrons. The summed E-state index contributed by atoms with van der Waals surface area (Å²) in [6.07, 6.45) is -4.34. The summed E-state index contributed by atoms with van der Waals surface area (Å²) >= 11 is 0. The Morgan fingerprint density at radius 3 is 2.57 bits per heavy atom. The van der Waals surface area contributed by atoms with Crippen molar-refractivity contribution >= 4 is 5.91 Å². The summed E-state index contributed by atoms with van der Waals surface area (Å²) in [6, 6.07) is -0.478. The van der Waals surface area contributed by atoms with Crippen molar-refractivity contribution in [1.82, 2.24) is 5.32 Å². The van der Waals surface area contributed by atoms with Crippen LogP contribution in [0.4, 0.5) is 13.2 Å². The molecule has 0 saturated carbocycles. The molecule has 1 unspecified atom stereocenters. The third-order valence-corrected chi connectivity index (χ3v) is 1.23. The third-order valence-electron chi connectivity index (χ3n) is 1.23. The number of alkyl halides is 3. The molecule has 0 aromatic carbocycles. The second-order valence-corrected chi connectivity index (χ2v) is 2.80. The first-order chi connectivity index (χ1) is 6.35. The molecule has 0 aliphatic heterocycles. The van der Waals surface area contributed by atoms with Crippen LogP contribution in [0, 0.1) is 0 Å². The van der Waals surface area contributed by atoms with Crippen molar-refractivity contribution in [1.29, 1.82) is 0 Å². The highest BCUT2D eigenvalue weighted by molar-refractivity contribution is 5.77. The van der Waals surface area contributed by atoms with E-state index in [4.69, 9.17) is 5.73 Å². The molecule has 0 saturated heterocycles. The van der Waals surface area contributed by atoms with Crippen molar-refractivity contribution in [2.24, 2.45) is 5.73 Å². The third kappa shape index (κ3) is 7.81. The van der Waals surface area contributed by atoms with Crippen LogP contribution in [0.1, 0.15) is 6.92 Å². The smallest absolute Gasteiger partial charge is 0.370 e. The van der Waals surface area contributed by atoms with Crippen molar-refractivity contribution in [2.45, 2.75) is 19.1 Å². The summed E-state index contributed by atoms with van der Waals surface area (Å²) in [5.74, 6) is -0.423. The van der Waals surface area contributed by atoms with Gasteiger partial charge in [-0.3, -0.25) is 4.79 Å². The van der Waals surface area contributed by atoms with Gasteiger partial charge in [0.15, 0.2) is 0 Å². The molecule has 0 bridgehead atoms. The maximum atomic E-state index is 11.6. The Hall–Kier alpha value is -0.820. The molecule has 0 aliphatic rings. The van der Waals surface area contributed by atoms with Gasteiger partial charge in [-0.2, -0.15) is 13.2 Å². The van der Waals surface area contributed by atoms with E-state index < -0.39 is 24.7 Å². The van der Waals surface area contributed by atoms with Crippen LogP contribution >= 0.6 is 0 Å². The molecule has 0 aliphatic carbocycles. The average Bonchev–Trinajstić information content (AvgIpc) is 2.01. The normalized spacial score (nSPS) is 13.8. The number of hydrogen-bond acceptors (Lipinski definition) is 3. The van der Waals surface area contributed by atoms with E-state index >= 15 is 0 Å². The minimum Gasteiger partial charge on any atom is -0.370 e. The van der Waals surface area contributed by atoms with E-state index in [1.807, 2.05) is 0 Å². The first-order valence-corrected chi connectivity index (χ1v) is 3.99. The summed E-state index contributed by atoms with van der Waals surface area (Å²) in [4.78, 5) is 10.7. The highest BCUT2D eigenvalue weighted by Crippen LogP contribution is 2.14. The van der Waals surface area contributed by atoms with Crippen LogP contribution in [0.5, 0.6) is 0 Å². The number of carbonyl (C=O) groups is 1. The Morgan fingerprint density at radius 1 is 1.57 bits per heavy atom. The summed E-state index contributed by atoms with van der Waals surface area (Å²) in [7, 11) is 0. The Balaban J connectivity index is 3.54. The van der Waals surface area contributed by atoms with Gasteiger partial charge in [0.1, 0.15) is 6.61 Å². The zero-order valence-corrected chi connectivity index (χ0v) is 7.73. The molecule has 4 nitrogen and oxygen atoms in total. The Morgan fingerprint density at radius 2 is 2.14 bits per heavy atom. The number of hydrogen-bond donors (Lipinski definition) is 2. The van der Waals surface area contributed by atoms with Crippen molar-refractivity contribution in [3.8, 4) is 0 Å². The lowest BCUT2D eigenvalue weighted by Gasteiger charge is -2.14. The topological polar surface area (TPSA) is 64.3 Å². The molecule has 84 valence electrons. The molecule has 1 amide bonds. The molecule has 0 aromatic heterocycles. The number of rotatable bonds is 5. The predicted molar refractivity (Wildman–Crippen MR) is 43.5 cm³/mol. The molecule has 0 rings (SSSR count). The molecule has 3 N–H and O–H groups in total. The first-order valence-electron chi connectivity index (χ1n) is 3.99. The summed E-state index contributed by atoms with van der Waals surface area (Å²) in [6.45, 7) is -0.158. The lowest BCUT2D eigenvalue weighted by molar-refractivity contribution is -0.175. The van der Waals surface area contributed by atoms with E-state index in [-0.39, 0.29) is 13.2 Å². The molecular formula is C7H13F3N2O2. The minimum atomic E-state index is -4.34. The molecule has 1 atom stereocenters. The number of ether oxygens (including phenoxy) is 1. The number of amides is 1. The molecule has 7 heteroatoms. The van der Waals surface area contributed by atoms with Gasteiger partial charge >= 0.3 is 6.18 Å². The summed E-state index contributed by atoms with van der Waals surface area (Å²) in [5.41, 5.74) is 4.99. The van der Waals surface area contributed by atoms with E-state index in [1.165, 1.54) is 6.92 Å². The lowest BCUT2D eigenvalue weighted by Crippen LogP contribution is -2.40. The number of carbonyl (C=O) groups excluding carboxylic acids is 1. The fraction of sp³-hybridized carbons (Fsp3) is 0.857. The Labute approximate surface area is 79.6 Å². The SMILES string of the molecule is CC(COCC(F)(F)F)NC(=O)CN. The number of halogens is 3. The molecule has 0 heterocycles. The second-order valence-electron chi connectivity index (χ2n) is 2.80. The predicted octanol–water partition coefficient (Wildman–Crippen LogP) is 0.0287. The van der Waals surface area contributed by atoms with Gasteiger partial charge in [0.25, 0.3) is 0 Å². The van der Waals surface area contributed by atoms with Crippen LogP contribution in [0.2, 0.25) is 0 Å². The quantitative estimate of drug-likeness (QED) is 0.678. The molecule has 0 aromatic rings. The van der Waals surface area contributed by atoms with Gasteiger partial charge in [0.05, 0.1) is 13.2 Å². The van der Waals surface area contributed by atoms with E-state index in [2.05, 4.69) is 10.1 Å².